The molecule has 2 rings (SSSR count). The van der Waals surface area contributed by atoms with E-state index >= 15 is 0 Å². The maximum atomic E-state index is 10.1. The van der Waals surface area contributed by atoms with Crippen LogP contribution in [0.2, 0.25) is 0 Å². The van der Waals surface area contributed by atoms with Crippen LogP contribution in [0, 0.1) is 6.92 Å². The first kappa shape index (κ1) is 11.6. The van der Waals surface area contributed by atoms with Gasteiger partial charge in [-0.15, -0.1) is 0 Å². The van der Waals surface area contributed by atoms with Crippen molar-refractivity contribution < 1.29 is 5.11 Å². The molecule has 0 spiro atoms. The van der Waals surface area contributed by atoms with E-state index in [1.807, 2.05) is 6.92 Å². The Morgan fingerprint density at radius 1 is 1.44 bits per heavy atom. The summed E-state index contributed by atoms with van der Waals surface area (Å²) in [6.07, 6.45) is 4.28. The van der Waals surface area contributed by atoms with Crippen LogP contribution in [0.15, 0.2) is 6.20 Å². The van der Waals surface area contributed by atoms with Crippen molar-refractivity contribution in [2.24, 2.45) is 0 Å². The smallest absolute Gasteiger partial charge is 0.140 e. The Morgan fingerprint density at radius 2 is 2.06 bits per heavy atom. The number of imidazole rings is 1. The predicted molar refractivity (Wildman–Crippen MR) is 63.3 cm³/mol. The number of aliphatic hydroxyl groups is 1. The van der Waals surface area contributed by atoms with Gasteiger partial charge < -0.3 is 15.0 Å². The highest BCUT2D eigenvalue weighted by Crippen LogP contribution is 2.26. The van der Waals surface area contributed by atoms with Gasteiger partial charge in [0, 0.05) is 12.2 Å². The zero-order valence-electron chi connectivity index (χ0n) is 10.3. The lowest BCUT2D eigenvalue weighted by molar-refractivity contribution is 0.0618. The van der Waals surface area contributed by atoms with Gasteiger partial charge >= 0.3 is 0 Å². The van der Waals surface area contributed by atoms with Crippen molar-refractivity contribution >= 4 is 0 Å². The Bertz CT molecular complexity index is 359. The summed E-state index contributed by atoms with van der Waals surface area (Å²) in [4.78, 5) is 4.45. The van der Waals surface area contributed by atoms with Crippen LogP contribution >= 0.6 is 0 Å². The summed E-state index contributed by atoms with van der Waals surface area (Å²) < 4.78 is 2.16. The summed E-state index contributed by atoms with van der Waals surface area (Å²) in [7, 11) is 0. The lowest BCUT2D eigenvalue weighted by atomic mass is 10.0. The molecule has 1 fully saturated rings. The van der Waals surface area contributed by atoms with Crippen LogP contribution in [0.4, 0.5) is 0 Å². The van der Waals surface area contributed by atoms with Gasteiger partial charge in [-0.1, -0.05) is 0 Å². The third-order valence-electron chi connectivity index (χ3n) is 3.10. The van der Waals surface area contributed by atoms with Gasteiger partial charge in [0.15, 0.2) is 0 Å². The van der Waals surface area contributed by atoms with Crippen molar-refractivity contribution in [3.8, 4) is 0 Å². The van der Waals surface area contributed by atoms with Crippen LogP contribution in [-0.2, 0) is 5.60 Å². The van der Waals surface area contributed by atoms with Crippen molar-refractivity contribution in [2.45, 2.75) is 45.3 Å². The number of aromatic nitrogens is 2. The number of nitrogens with one attached hydrogen (secondary N) is 1. The third kappa shape index (κ3) is 2.28. The van der Waals surface area contributed by atoms with E-state index in [1.165, 1.54) is 0 Å². The van der Waals surface area contributed by atoms with E-state index in [2.05, 4.69) is 21.1 Å². The zero-order valence-corrected chi connectivity index (χ0v) is 10.3. The van der Waals surface area contributed by atoms with Gasteiger partial charge in [-0.25, -0.2) is 4.98 Å². The number of rotatable bonds is 2. The highest BCUT2D eigenvalue weighted by Gasteiger charge is 2.27. The first-order chi connectivity index (χ1) is 7.48. The average molecular weight is 223 g/mol. The first-order valence-corrected chi connectivity index (χ1v) is 5.97. The fourth-order valence-electron chi connectivity index (χ4n) is 2.33. The summed E-state index contributed by atoms with van der Waals surface area (Å²) in [6.45, 7) is 7.67. The number of nitrogens with zero attached hydrogens (tertiary/aromatic N) is 2. The van der Waals surface area contributed by atoms with Crippen LogP contribution in [-0.4, -0.2) is 27.7 Å². The lowest BCUT2D eigenvalue weighted by Gasteiger charge is -2.28. The number of hydrogen-bond acceptors (Lipinski definition) is 3. The summed E-state index contributed by atoms with van der Waals surface area (Å²) in [6, 6.07) is 0.476. The molecular weight excluding hydrogens is 202 g/mol. The van der Waals surface area contributed by atoms with Crippen LogP contribution in [0.25, 0.3) is 0 Å². The zero-order chi connectivity index (χ0) is 11.8. The van der Waals surface area contributed by atoms with E-state index in [9.17, 15) is 5.11 Å². The number of hydrogen-bond donors (Lipinski definition) is 2. The fourth-order valence-corrected chi connectivity index (χ4v) is 2.33. The molecule has 0 aromatic carbocycles. The Labute approximate surface area is 96.7 Å². The summed E-state index contributed by atoms with van der Waals surface area (Å²) in [5.41, 5.74) is 0.120. The highest BCUT2D eigenvalue weighted by atomic mass is 16.3. The molecule has 0 radical (unpaired) electrons. The molecule has 0 atom stereocenters. The Morgan fingerprint density at radius 3 is 2.62 bits per heavy atom. The first-order valence-electron chi connectivity index (χ1n) is 5.97. The Balaban J connectivity index is 2.31. The van der Waals surface area contributed by atoms with Crippen molar-refractivity contribution in [1.29, 1.82) is 0 Å². The molecule has 2 heterocycles. The molecule has 90 valence electrons. The monoisotopic (exact) mass is 223 g/mol. The molecule has 16 heavy (non-hydrogen) atoms. The van der Waals surface area contributed by atoms with E-state index < -0.39 is 5.60 Å². The topological polar surface area (TPSA) is 50.1 Å². The Kier molecular flexibility index (Phi) is 3.04. The standard InChI is InChI=1S/C12H21N3O/c1-9-8-15(10-4-6-13-7-5-10)11(14-9)12(2,3)16/h8,10,13,16H,4-7H2,1-3H3. The molecule has 4 nitrogen and oxygen atoms in total. The van der Waals surface area contributed by atoms with E-state index in [0.717, 1.165) is 37.4 Å². The maximum Gasteiger partial charge on any atom is 0.140 e. The van der Waals surface area contributed by atoms with Crippen LogP contribution in [0.1, 0.15) is 44.2 Å². The van der Waals surface area contributed by atoms with Crippen molar-refractivity contribution in [3.63, 3.8) is 0 Å². The van der Waals surface area contributed by atoms with E-state index in [1.54, 1.807) is 13.8 Å². The summed E-state index contributed by atoms with van der Waals surface area (Å²) in [5, 5.41) is 13.5. The molecule has 2 N–H and O–H groups in total. The molecule has 0 aliphatic carbocycles. The molecule has 1 saturated heterocycles. The minimum Gasteiger partial charge on any atom is -0.383 e. The lowest BCUT2D eigenvalue weighted by Crippen LogP contribution is -2.32. The molecule has 4 heteroatoms. The molecule has 1 aromatic rings. The molecule has 1 aliphatic heterocycles. The summed E-state index contributed by atoms with van der Waals surface area (Å²) in [5.74, 6) is 0.789. The molecule has 0 bridgehead atoms. The van der Waals surface area contributed by atoms with Gasteiger partial charge in [-0.2, -0.15) is 0 Å². The van der Waals surface area contributed by atoms with E-state index in [0.29, 0.717) is 6.04 Å². The second-order valence-corrected chi connectivity index (χ2v) is 5.15. The maximum absolute atomic E-state index is 10.1. The van der Waals surface area contributed by atoms with Gasteiger partial charge in [-0.3, -0.25) is 0 Å². The molecule has 0 saturated carbocycles. The largest absolute Gasteiger partial charge is 0.383 e. The van der Waals surface area contributed by atoms with Gasteiger partial charge in [0.25, 0.3) is 0 Å². The highest BCUT2D eigenvalue weighted by molar-refractivity contribution is 5.10. The summed E-state index contributed by atoms with van der Waals surface area (Å²) >= 11 is 0. The SMILES string of the molecule is Cc1cn(C2CCNCC2)c(C(C)(C)O)n1. The van der Waals surface area contributed by atoms with E-state index in [-0.39, 0.29) is 0 Å². The van der Waals surface area contributed by atoms with Gasteiger partial charge in [0.2, 0.25) is 0 Å². The second-order valence-electron chi connectivity index (χ2n) is 5.15. The Hall–Kier alpha value is -0.870. The van der Waals surface area contributed by atoms with Crippen LogP contribution in [0.3, 0.4) is 0 Å². The normalized spacial score (nSPS) is 19.0. The van der Waals surface area contributed by atoms with E-state index in [4.69, 9.17) is 0 Å². The van der Waals surface area contributed by atoms with Gasteiger partial charge in [0.1, 0.15) is 11.4 Å². The number of aryl methyl sites for hydroxylation is 1. The van der Waals surface area contributed by atoms with Crippen molar-refractivity contribution in [3.05, 3.63) is 17.7 Å². The molecule has 1 aromatic heterocycles. The van der Waals surface area contributed by atoms with Crippen LogP contribution in [0.5, 0.6) is 0 Å². The fraction of sp³-hybridized carbons (Fsp3) is 0.750. The van der Waals surface area contributed by atoms with Crippen LogP contribution < -0.4 is 5.32 Å². The minimum absolute atomic E-state index is 0.476. The van der Waals surface area contributed by atoms with Gasteiger partial charge in [-0.05, 0) is 46.7 Å². The van der Waals surface area contributed by atoms with Crippen molar-refractivity contribution in [1.82, 2.24) is 14.9 Å². The number of piperidine rings is 1. The third-order valence-corrected chi connectivity index (χ3v) is 3.10. The van der Waals surface area contributed by atoms with Crippen molar-refractivity contribution in [2.75, 3.05) is 13.1 Å². The molecule has 0 amide bonds. The van der Waals surface area contributed by atoms with Gasteiger partial charge in [0.05, 0.1) is 5.69 Å². The average Bonchev–Trinajstić information content (AvgIpc) is 2.61. The molecule has 0 unspecified atom stereocenters. The minimum atomic E-state index is -0.862. The molecule has 1 aliphatic rings. The predicted octanol–water partition coefficient (Wildman–Crippen LogP) is 1.34. The quantitative estimate of drug-likeness (QED) is 0.795. The molecular formula is C12H21N3O. The second kappa shape index (κ2) is 4.18.